The van der Waals surface area contributed by atoms with E-state index in [1.165, 1.54) is 43.3 Å². The van der Waals surface area contributed by atoms with E-state index >= 15 is 0 Å². The van der Waals surface area contributed by atoms with E-state index in [9.17, 15) is 27.6 Å². The highest BCUT2D eigenvalue weighted by Crippen LogP contribution is 2.34. The van der Waals surface area contributed by atoms with Crippen LogP contribution in [0.1, 0.15) is 22.8 Å². The molecule has 0 spiro atoms. The van der Waals surface area contributed by atoms with Crippen molar-refractivity contribution < 1.29 is 27.6 Å². The van der Waals surface area contributed by atoms with Crippen molar-refractivity contribution in [3.8, 4) is 0 Å². The van der Waals surface area contributed by atoms with Crippen LogP contribution in [0.3, 0.4) is 0 Å². The van der Waals surface area contributed by atoms with Gasteiger partial charge in [0.15, 0.2) is 5.78 Å². The summed E-state index contributed by atoms with van der Waals surface area (Å²) in [6, 6.07) is 10.1. The van der Waals surface area contributed by atoms with Gasteiger partial charge in [0.1, 0.15) is 0 Å². The molecule has 0 aliphatic heterocycles. The number of benzene rings is 2. The Morgan fingerprint density at radius 2 is 1.40 bits per heavy atom. The molecular weight excluding hydrogens is 337 g/mol. The molecule has 0 bridgehead atoms. The highest BCUT2D eigenvalue weighted by Gasteiger charge is 2.34. The largest absolute Gasteiger partial charge is 0.418 e. The molecule has 0 saturated carbocycles. The van der Waals surface area contributed by atoms with Crippen LogP contribution < -0.4 is 10.6 Å². The van der Waals surface area contributed by atoms with Crippen LogP contribution in [0.4, 0.5) is 24.5 Å². The molecule has 0 aliphatic rings. The van der Waals surface area contributed by atoms with Gasteiger partial charge in [-0.2, -0.15) is 13.2 Å². The second kappa shape index (κ2) is 7.16. The summed E-state index contributed by atoms with van der Waals surface area (Å²) in [4.78, 5) is 34.8. The number of anilines is 2. The third-order valence-corrected chi connectivity index (χ3v) is 3.24. The normalized spacial score (nSPS) is 10.9. The summed E-state index contributed by atoms with van der Waals surface area (Å²) in [5.74, 6) is -2.54. The second-order valence-electron chi connectivity index (χ2n) is 5.09. The molecule has 5 nitrogen and oxygen atoms in total. The van der Waals surface area contributed by atoms with E-state index in [1.807, 2.05) is 5.32 Å². The average molecular weight is 350 g/mol. The van der Waals surface area contributed by atoms with Gasteiger partial charge in [0.05, 0.1) is 11.3 Å². The summed E-state index contributed by atoms with van der Waals surface area (Å²) < 4.78 is 38.6. The Balaban J connectivity index is 2.09. The van der Waals surface area contributed by atoms with Crippen molar-refractivity contribution in [2.75, 3.05) is 10.6 Å². The van der Waals surface area contributed by atoms with Gasteiger partial charge in [0.25, 0.3) is 0 Å². The molecule has 2 N–H and O–H groups in total. The molecule has 25 heavy (non-hydrogen) atoms. The number of alkyl halides is 3. The van der Waals surface area contributed by atoms with Crippen LogP contribution in [0.25, 0.3) is 0 Å². The first-order valence-corrected chi connectivity index (χ1v) is 7.08. The zero-order chi connectivity index (χ0) is 18.6. The quantitative estimate of drug-likeness (QED) is 0.657. The zero-order valence-electron chi connectivity index (χ0n) is 13.0. The van der Waals surface area contributed by atoms with Crippen LogP contribution in [-0.2, 0) is 15.8 Å². The molecule has 2 rings (SSSR count). The summed E-state index contributed by atoms with van der Waals surface area (Å²) >= 11 is 0. The van der Waals surface area contributed by atoms with Gasteiger partial charge in [-0.05, 0) is 43.3 Å². The molecule has 0 atom stereocenters. The number of halogens is 3. The third kappa shape index (κ3) is 4.66. The van der Waals surface area contributed by atoms with Gasteiger partial charge in [0.2, 0.25) is 0 Å². The van der Waals surface area contributed by atoms with Crippen LogP contribution in [0.15, 0.2) is 48.5 Å². The molecule has 0 unspecified atom stereocenters. The van der Waals surface area contributed by atoms with E-state index in [1.54, 1.807) is 0 Å². The lowest BCUT2D eigenvalue weighted by molar-refractivity contribution is -0.137. The summed E-state index contributed by atoms with van der Waals surface area (Å²) in [6.07, 6.45) is -4.66. The van der Waals surface area contributed by atoms with Crippen molar-refractivity contribution in [1.82, 2.24) is 0 Å². The first-order chi connectivity index (χ1) is 11.7. The molecule has 0 aromatic heterocycles. The van der Waals surface area contributed by atoms with Gasteiger partial charge in [-0.25, -0.2) is 0 Å². The fourth-order valence-electron chi connectivity index (χ4n) is 1.99. The Kier molecular flexibility index (Phi) is 5.21. The number of ketones is 1. The number of Topliss-reactive ketones (excluding diaryl/α,β-unsaturated/α-hetero) is 1. The minimum atomic E-state index is -4.66. The van der Waals surface area contributed by atoms with Crippen LogP contribution in [0, 0.1) is 0 Å². The van der Waals surface area contributed by atoms with Gasteiger partial charge in [-0.3, -0.25) is 14.4 Å². The predicted octanol–water partition coefficient (Wildman–Crippen LogP) is 3.49. The molecule has 2 amide bonds. The van der Waals surface area contributed by atoms with E-state index in [4.69, 9.17) is 0 Å². The number of rotatable bonds is 3. The molecule has 130 valence electrons. The van der Waals surface area contributed by atoms with E-state index in [0.717, 1.165) is 12.1 Å². The Labute approximate surface area is 140 Å². The number of amides is 2. The Hall–Kier alpha value is -3.16. The molecule has 0 aliphatic carbocycles. The minimum absolute atomic E-state index is 0.167. The average Bonchev–Trinajstić information content (AvgIpc) is 2.54. The molecule has 0 saturated heterocycles. The third-order valence-electron chi connectivity index (χ3n) is 3.24. The molecule has 0 heterocycles. The number of carbonyl (C=O) groups is 3. The molecule has 8 heteroatoms. The second-order valence-corrected chi connectivity index (χ2v) is 5.09. The van der Waals surface area contributed by atoms with Crippen molar-refractivity contribution in [2.45, 2.75) is 13.1 Å². The molecule has 2 aromatic rings. The number of nitrogens with one attached hydrogen (secondary N) is 2. The highest BCUT2D eigenvalue weighted by atomic mass is 19.4. The lowest BCUT2D eigenvalue weighted by Crippen LogP contribution is -2.30. The van der Waals surface area contributed by atoms with Crippen molar-refractivity contribution in [1.29, 1.82) is 0 Å². The standard InChI is InChI=1S/C17H13F3N2O3/c1-10(23)11-6-8-12(9-7-11)21-15(24)16(25)22-14-5-3-2-4-13(14)17(18,19)20/h2-9H,1H3,(H,21,24)(H,22,25). The van der Waals surface area contributed by atoms with Gasteiger partial charge in [-0.1, -0.05) is 12.1 Å². The molecule has 2 aromatic carbocycles. The van der Waals surface area contributed by atoms with E-state index in [0.29, 0.717) is 5.56 Å². The van der Waals surface area contributed by atoms with Crippen LogP contribution in [0.5, 0.6) is 0 Å². The van der Waals surface area contributed by atoms with Gasteiger partial charge in [-0.15, -0.1) is 0 Å². The van der Waals surface area contributed by atoms with Gasteiger partial charge < -0.3 is 10.6 Å². The van der Waals surface area contributed by atoms with Gasteiger partial charge >= 0.3 is 18.0 Å². The fraction of sp³-hybridized carbons (Fsp3) is 0.118. The van der Waals surface area contributed by atoms with Gasteiger partial charge in [0, 0.05) is 11.3 Å². The van der Waals surface area contributed by atoms with Crippen molar-refractivity contribution in [2.24, 2.45) is 0 Å². The monoisotopic (exact) mass is 350 g/mol. The van der Waals surface area contributed by atoms with E-state index in [-0.39, 0.29) is 11.5 Å². The lowest BCUT2D eigenvalue weighted by atomic mass is 10.1. The van der Waals surface area contributed by atoms with Crippen LogP contribution in [0.2, 0.25) is 0 Å². The highest BCUT2D eigenvalue weighted by molar-refractivity contribution is 6.43. The number of para-hydroxylation sites is 1. The molecular formula is C17H13F3N2O3. The van der Waals surface area contributed by atoms with Crippen molar-refractivity contribution >= 4 is 29.0 Å². The summed E-state index contributed by atoms with van der Waals surface area (Å²) in [5.41, 5.74) is -0.917. The van der Waals surface area contributed by atoms with Crippen molar-refractivity contribution in [3.05, 3.63) is 59.7 Å². The number of hydrogen-bond acceptors (Lipinski definition) is 3. The van der Waals surface area contributed by atoms with Crippen molar-refractivity contribution in [3.63, 3.8) is 0 Å². The predicted molar refractivity (Wildman–Crippen MR) is 85.1 cm³/mol. The SMILES string of the molecule is CC(=O)c1ccc(NC(=O)C(=O)Nc2ccccc2C(F)(F)F)cc1. The summed E-state index contributed by atoms with van der Waals surface area (Å²) in [6.45, 7) is 1.37. The summed E-state index contributed by atoms with van der Waals surface area (Å²) in [5, 5.41) is 4.18. The first kappa shape index (κ1) is 18.2. The maximum Gasteiger partial charge on any atom is 0.418 e. The Bertz CT molecular complexity index is 815. The fourth-order valence-corrected chi connectivity index (χ4v) is 1.99. The maximum absolute atomic E-state index is 12.9. The smallest absolute Gasteiger partial charge is 0.318 e. The lowest BCUT2D eigenvalue weighted by Gasteiger charge is -2.13. The number of hydrogen-bond donors (Lipinski definition) is 2. The number of carbonyl (C=O) groups excluding carboxylic acids is 3. The minimum Gasteiger partial charge on any atom is -0.318 e. The zero-order valence-corrected chi connectivity index (χ0v) is 13.0. The first-order valence-electron chi connectivity index (χ1n) is 7.08. The topological polar surface area (TPSA) is 75.3 Å². The molecule has 0 fully saturated rings. The van der Waals surface area contributed by atoms with Crippen LogP contribution in [-0.4, -0.2) is 17.6 Å². The Morgan fingerprint density at radius 1 is 0.840 bits per heavy atom. The van der Waals surface area contributed by atoms with E-state index < -0.39 is 29.2 Å². The Morgan fingerprint density at radius 3 is 1.96 bits per heavy atom. The molecule has 0 radical (unpaired) electrons. The maximum atomic E-state index is 12.9. The summed E-state index contributed by atoms with van der Waals surface area (Å²) in [7, 11) is 0. The van der Waals surface area contributed by atoms with Crippen LogP contribution >= 0.6 is 0 Å². The van der Waals surface area contributed by atoms with E-state index in [2.05, 4.69) is 5.32 Å².